The molecule has 2 rings (SSSR count). The van der Waals surface area contributed by atoms with Crippen molar-refractivity contribution in [2.24, 2.45) is 0 Å². The molecule has 8 heteroatoms. The fourth-order valence-corrected chi connectivity index (χ4v) is 3.84. The minimum absolute atomic E-state index is 0.346. The Hall–Kier alpha value is -2.02. The summed E-state index contributed by atoms with van der Waals surface area (Å²) >= 11 is 0. The van der Waals surface area contributed by atoms with Gasteiger partial charge in [0.05, 0.1) is 7.11 Å². The molecule has 0 spiro atoms. The standard InChI is InChI=1S/C20H25O7P/c1-23-18-11-9-16(10-12-18)20(24-2,25-3)17-8-6-7-15(13-17)19(21)14-28(22,26-4)27-5/h6-13H,14H2,1-5H3. The molecule has 7 nitrogen and oxygen atoms in total. The molecule has 0 unspecified atom stereocenters. The van der Waals surface area contributed by atoms with E-state index < -0.39 is 13.4 Å². The molecule has 2 aromatic rings. The topological polar surface area (TPSA) is 80.3 Å². The molecule has 28 heavy (non-hydrogen) atoms. The van der Waals surface area contributed by atoms with E-state index in [0.717, 1.165) is 5.56 Å². The number of benzene rings is 2. The molecular weight excluding hydrogens is 383 g/mol. The van der Waals surface area contributed by atoms with Gasteiger partial charge < -0.3 is 23.3 Å². The summed E-state index contributed by atoms with van der Waals surface area (Å²) < 4.78 is 38.7. The van der Waals surface area contributed by atoms with E-state index in [0.29, 0.717) is 16.9 Å². The van der Waals surface area contributed by atoms with Gasteiger partial charge in [-0.15, -0.1) is 0 Å². The van der Waals surface area contributed by atoms with Crippen LogP contribution in [0.3, 0.4) is 0 Å². The van der Waals surface area contributed by atoms with E-state index in [9.17, 15) is 9.36 Å². The first-order valence-electron chi connectivity index (χ1n) is 8.47. The Balaban J connectivity index is 2.45. The zero-order valence-corrected chi connectivity index (χ0v) is 17.5. The first-order chi connectivity index (χ1) is 13.4. The number of rotatable bonds is 10. The number of ether oxygens (including phenoxy) is 3. The first-order valence-corrected chi connectivity index (χ1v) is 10.2. The number of ketones is 1. The van der Waals surface area contributed by atoms with Gasteiger partial charge in [0.25, 0.3) is 0 Å². The molecule has 0 atom stereocenters. The van der Waals surface area contributed by atoms with Crippen LogP contribution < -0.4 is 4.74 Å². The third-order valence-electron chi connectivity index (χ3n) is 4.50. The van der Waals surface area contributed by atoms with E-state index in [1.165, 1.54) is 28.4 Å². The molecule has 0 radical (unpaired) electrons. The normalized spacial score (nSPS) is 12.0. The van der Waals surface area contributed by atoms with Gasteiger partial charge >= 0.3 is 7.60 Å². The molecule has 0 saturated heterocycles. The van der Waals surface area contributed by atoms with Crippen molar-refractivity contribution in [2.75, 3.05) is 41.7 Å². The van der Waals surface area contributed by atoms with Crippen molar-refractivity contribution in [3.8, 4) is 5.75 Å². The average Bonchev–Trinajstić information content (AvgIpc) is 2.75. The SMILES string of the molecule is COc1ccc(C(OC)(OC)c2cccc(C(=O)CP(=O)(OC)OC)c2)cc1. The van der Waals surface area contributed by atoms with Crippen LogP contribution in [0.25, 0.3) is 0 Å². The van der Waals surface area contributed by atoms with Crippen LogP contribution in [-0.4, -0.2) is 47.5 Å². The number of methoxy groups -OCH3 is 3. The fraction of sp³-hybridized carbons (Fsp3) is 0.350. The van der Waals surface area contributed by atoms with Crippen LogP contribution >= 0.6 is 7.60 Å². The molecule has 0 aromatic heterocycles. The minimum Gasteiger partial charge on any atom is -0.497 e. The maximum Gasteiger partial charge on any atom is 0.337 e. The van der Waals surface area contributed by atoms with Gasteiger partial charge in [-0.05, 0) is 30.3 Å². The smallest absolute Gasteiger partial charge is 0.337 e. The van der Waals surface area contributed by atoms with Crippen molar-refractivity contribution in [2.45, 2.75) is 5.79 Å². The van der Waals surface area contributed by atoms with E-state index in [-0.39, 0.29) is 11.9 Å². The number of carbonyl (C=O) groups is 1. The van der Waals surface area contributed by atoms with Crippen molar-refractivity contribution < 1.29 is 32.6 Å². The van der Waals surface area contributed by atoms with Crippen LogP contribution in [0.2, 0.25) is 0 Å². The van der Waals surface area contributed by atoms with E-state index in [1.54, 1.807) is 43.5 Å². The Morgan fingerprint density at radius 2 is 1.50 bits per heavy atom. The van der Waals surface area contributed by atoms with E-state index >= 15 is 0 Å². The lowest BCUT2D eigenvalue weighted by molar-refractivity contribution is -0.183. The second kappa shape index (κ2) is 9.45. The number of Topliss-reactive ketones (excluding diaryl/α,β-unsaturated/α-hetero) is 1. The molecule has 0 aliphatic rings. The molecular formula is C20H25O7P. The average molecular weight is 408 g/mol. The molecule has 0 saturated carbocycles. The van der Waals surface area contributed by atoms with Crippen molar-refractivity contribution in [3.05, 3.63) is 65.2 Å². The molecule has 0 aliphatic heterocycles. The zero-order valence-electron chi connectivity index (χ0n) is 16.6. The summed E-state index contributed by atoms with van der Waals surface area (Å²) in [6, 6.07) is 14.0. The summed E-state index contributed by atoms with van der Waals surface area (Å²) in [5, 5.41) is 0. The summed E-state index contributed by atoms with van der Waals surface area (Å²) in [5.74, 6) is -0.900. The summed E-state index contributed by atoms with van der Waals surface area (Å²) in [6.45, 7) is 0. The summed E-state index contributed by atoms with van der Waals surface area (Å²) in [4.78, 5) is 12.6. The highest BCUT2D eigenvalue weighted by Crippen LogP contribution is 2.46. The van der Waals surface area contributed by atoms with Crippen molar-refractivity contribution in [3.63, 3.8) is 0 Å². The van der Waals surface area contributed by atoms with Gasteiger partial charge in [0, 0.05) is 45.1 Å². The third kappa shape index (κ3) is 4.51. The molecule has 152 valence electrons. The highest BCUT2D eigenvalue weighted by atomic mass is 31.2. The Morgan fingerprint density at radius 1 is 0.893 bits per heavy atom. The van der Waals surface area contributed by atoms with Gasteiger partial charge in [-0.1, -0.05) is 18.2 Å². The number of carbonyl (C=O) groups excluding carboxylic acids is 1. The largest absolute Gasteiger partial charge is 0.497 e. The van der Waals surface area contributed by atoms with Crippen LogP contribution in [0.15, 0.2) is 48.5 Å². The number of hydrogen-bond acceptors (Lipinski definition) is 7. The minimum atomic E-state index is -3.47. The number of hydrogen-bond donors (Lipinski definition) is 0. The maximum absolute atomic E-state index is 12.6. The summed E-state index contributed by atoms with van der Waals surface area (Å²) in [5.41, 5.74) is 1.68. The quantitative estimate of drug-likeness (QED) is 0.335. The zero-order chi connectivity index (χ0) is 20.8. The lowest BCUT2D eigenvalue weighted by atomic mass is 9.94. The van der Waals surface area contributed by atoms with Gasteiger partial charge in [0.1, 0.15) is 11.9 Å². The van der Waals surface area contributed by atoms with Gasteiger partial charge in [-0.2, -0.15) is 0 Å². The van der Waals surface area contributed by atoms with Crippen LogP contribution in [0.1, 0.15) is 21.5 Å². The lowest BCUT2D eigenvalue weighted by Crippen LogP contribution is -2.32. The van der Waals surface area contributed by atoms with Gasteiger partial charge in [0.15, 0.2) is 5.78 Å². The molecule has 0 aliphatic carbocycles. The van der Waals surface area contributed by atoms with Crippen LogP contribution in [0.4, 0.5) is 0 Å². The lowest BCUT2D eigenvalue weighted by Gasteiger charge is -2.32. The van der Waals surface area contributed by atoms with Gasteiger partial charge in [-0.25, -0.2) is 0 Å². The molecule has 2 aromatic carbocycles. The van der Waals surface area contributed by atoms with Crippen LogP contribution in [0.5, 0.6) is 5.75 Å². The molecule has 0 fully saturated rings. The third-order valence-corrected chi connectivity index (χ3v) is 6.29. The summed E-state index contributed by atoms with van der Waals surface area (Å²) in [6.07, 6.45) is -0.362. The predicted molar refractivity (Wildman–Crippen MR) is 105 cm³/mol. The van der Waals surface area contributed by atoms with E-state index in [1.807, 2.05) is 12.1 Å². The fourth-order valence-electron chi connectivity index (χ4n) is 2.90. The Morgan fingerprint density at radius 3 is 2.00 bits per heavy atom. The first kappa shape index (κ1) is 22.3. The molecule has 0 heterocycles. The van der Waals surface area contributed by atoms with E-state index in [2.05, 4.69) is 0 Å². The Kier molecular flexibility index (Phi) is 7.52. The highest BCUT2D eigenvalue weighted by Gasteiger charge is 2.35. The maximum atomic E-state index is 12.6. The second-order valence-corrected chi connectivity index (χ2v) is 8.16. The molecule has 0 amide bonds. The predicted octanol–water partition coefficient (Wildman–Crippen LogP) is 3.86. The molecule has 0 bridgehead atoms. The Bertz CT molecular complexity index is 836. The van der Waals surface area contributed by atoms with Gasteiger partial charge in [-0.3, -0.25) is 9.36 Å². The van der Waals surface area contributed by atoms with Crippen molar-refractivity contribution in [1.82, 2.24) is 0 Å². The van der Waals surface area contributed by atoms with Crippen LogP contribution in [0, 0.1) is 0 Å². The highest BCUT2D eigenvalue weighted by molar-refractivity contribution is 7.54. The molecule has 0 N–H and O–H groups in total. The monoisotopic (exact) mass is 408 g/mol. The van der Waals surface area contributed by atoms with Gasteiger partial charge in [0.2, 0.25) is 5.79 Å². The van der Waals surface area contributed by atoms with E-state index in [4.69, 9.17) is 23.3 Å². The van der Waals surface area contributed by atoms with Crippen molar-refractivity contribution in [1.29, 1.82) is 0 Å². The second-order valence-electron chi connectivity index (χ2n) is 5.89. The van der Waals surface area contributed by atoms with Crippen molar-refractivity contribution >= 4 is 13.4 Å². The van der Waals surface area contributed by atoms with Crippen LogP contribution in [-0.2, 0) is 28.9 Å². The Labute approximate surface area is 165 Å². The summed E-state index contributed by atoms with van der Waals surface area (Å²) in [7, 11) is 3.66.